The molecule has 1 fully saturated rings. The largest absolute Gasteiger partial charge is 0.464 e. The van der Waals surface area contributed by atoms with E-state index < -0.39 is 0 Å². The third kappa shape index (κ3) is 2.16. The highest BCUT2D eigenvalue weighted by Crippen LogP contribution is 2.32. The molecule has 0 spiro atoms. The van der Waals surface area contributed by atoms with Crippen LogP contribution in [-0.2, 0) is 0 Å². The number of nitrogens with zero attached hydrogens (tertiary/aromatic N) is 4. The van der Waals surface area contributed by atoms with Gasteiger partial charge in [0.1, 0.15) is 11.4 Å². The Balaban J connectivity index is 1.65. The Kier molecular flexibility index (Phi) is 2.87. The number of hydrogen-bond donors (Lipinski definition) is 0. The lowest BCUT2D eigenvalue weighted by atomic mass is 9.98. The Bertz CT molecular complexity index is 764. The summed E-state index contributed by atoms with van der Waals surface area (Å²) < 4.78 is 10.8. The average molecular weight is 284 g/mol. The summed E-state index contributed by atoms with van der Waals surface area (Å²) in [6.45, 7) is 3.68. The van der Waals surface area contributed by atoms with Crippen LogP contribution in [0, 0.1) is 6.92 Å². The number of fused-ring (bicyclic) bond motifs is 1. The molecule has 6 heteroatoms. The number of rotatable bonds is 2. The van der Waals surface area contributed by atoms with E-state index >= 15 is 0 Å². The Morgan fingerprint density at radius 1 is 1.33 bits per heavy atom. The molecule has 0 bridgehead atoms. The number of aromatic nitrogens is 3. The van der Waals surface area contributed by atoms with Gasteiger partial charge in [0.2, 0.25) is 5.89 Å². The van der Waals surface area contributed by atoms with Crippen LogP contribution in [0.2, 0.25) is 0 Å². The number of pyridine rings is 1. The van der Waals surface area contributed by atoms with Crippen LogP contribution < -0.4 is 4.90 Å². The summed E-state index contributed by atoms with van der Waals surface area (Å²) in [7, 11) is 0. The zero-order chi connectivity index (χ0) is 14.2. The van der Waals surface area contributed by atoms with Crippen LogP contribution >= 0.6 is 0 Å². The number of piperidine rings is 1. The highest BCUT2D eigenvalue weighted by molar-refractivity contribution is 5.88. The molecule has 1 aliphatic rings. The molecular formula is C15H16N4O2. The van der Waals surface area contributed by atoms with Gasteiger partial charge >= 0.3 is 0 Å². The van der Waals surface area contributed by atoms with Crippen LogP contribution in [0.3, 0.4) is 0 Å². The van der Waals surface area contributed by atoms with Gasteiger partial charge < -0.3 is 13.8 Å². The van der Waals surface area contributed by atoms with Crippen molar-refractivity contribution in [1.82, 2.24) is 15.1 Å². The van der Waals surface area contributed by atoms with E-state index in [0.29, 0.717) is 5.82 Å². The number of aryl methyl sites for hydroxylation is 1. The molecule has 3 aromatic heterocycles. The average Bonchev–Trinajstić information content (AvgIpc) is 3.15. The minimum absolute atomic E-state index is 0.268. The van der Waals surface area contributed by atoms with E-state index in [1.165, 1.54) is 0 Å². The second-order valence-electron chi connectivity index (χ2n) is 5.43. The molecule has 1 aliphatic heterocycles. The van der Waals surface area contributed by atoms with E-state index in [0.717, 1.165) is 48.6 Å². The number of anilines is 1. The number of furan rings is 1. The van der Waals surface area contributed by atoms with E-state index in [9.17, 15) is 0 Å². The minimum Gasteiger partial charge on any atom is -0.464 e. The molecule has 0 radical (unpaired) electrons. The van der Waals surface area contributed by atoms with Crippen LogP contribution in [0.4, 0.5) is 5.82 Å². The molecule has 0 aromatic carbocycles. The SMILES string of the molecule is Cc1noc([C@H]2CCCN(c3nccc4occc34)C2)n1. The standard InChI is InChI=1S/C15H16N4O2/c1-10-17-15(21-18-10)11-3-2-7-19(9-11)14-12-5-8-20-13(12)4-6-16-14/h4-6,8,11H,2-3,7,9H2,1H3/t11-/m0/s1. The lowest BCUT2D eigenvalue weighted by molar-refractivity contribution is 0.331. The molecule has 0 saturated carbocycles. The molecule has 3 aromatic rings. The van der Waals surface area contributed by atoms with Crippen molar-refractivity contribution in [3.8, 4) is 0 Å². The van der Waals surface area contributed by atoms with Crippen molar-refractivity contribution in [2.45, 2.75) is 25.7 Å². The first-order valence-corrected chi connectivity index (χ1v) is 7.18. The molecule has 1 saturated heterocycles. The molecule has 21 heavy (non-hydrogen) atoms. The Labute approximate surface area is 121 Å². The fourth-order valence-corrected chi connectivity index (χ4v) is 2.98. The predicted octanol–water partition coefficient (Wildman–Crippen LogP) is 2.90. The second-order valence-corrected chi connectivity index (χ2v) is 5.43. The van der Waals surface area contributed by atoms with Crippen LogP contribution in [0.5, 0.6) is 0 Å². The Morgan fingerprint density at radius 3 is 3.14 bits per heavy atom. The van der Waals surface area contributed by atoms with Crippen LogP contribution in [0.25, 0.3) is 11.0 Å². The van der Waals surface area contributed by atoms with Crippen LogP contribution in [0.15, 0.2) is 33.5 Å². The third-order valence-electron chi connectivity index (χ3n) is 3.97. The van der Waals surface area contributed by atoms with Crippen molar-refractivity contribution in [3.63, 3.8) is 0 Å². The van der Waals surface area contributed by atoms with Crippen molar-refractivity contribution in [3.05, 3.63) is 36.3 Å². The monoisotopic (exact) mass is 284 g/mol. The highest BCUT2D eigenvalue weighted by atomic mass is 16.5. The summed E-state index contributed by atoms with van der Waals surface area (Å²) in [6.07, 6.45) is 5.65. The van der Waals surface area contributed by atoms with Gasteiger partial charge in [0, 0.05) is 19.3 Å². The smallest absolute Gasteiger partial charge is 0.231 e. The predicted molar refractivity (Wildman–Crippen MR) is 77.2 cm³/mol. The van der Waals surface area contributed by atoms with Crippen LogP contribution in [-0.4, -0.2) is 28.2 Å². The summed E-state index contributed by atoms with van der Waals surface area (Å²) in [5.74, 6) is 2.67. The molecule has 6 nitrogen and oxygen atoms in total. The lowest BCUT2D eigenvalue weighted by Gasteiger charge is -2.32. The summed E-state index contributed by atoms with van der Waals surface area (Å²) in [6, 6.07) is 3.86. The van der Waals surface area contributed by atoms with Crippen molar-refractivity contribution in [2.75, 3.05) is 18.0 Å². The van der Waals surface area contributed by atoms with E-state index in [1.807, 2.05) is 19.1 Å². The maximum absolute atomic E-state index is 5.46. The summed E-state index contributed by atoms with van der Waals surface area (Å²) in [5, 5.41) is 4.95. The summed E-state index contributed by atoms with van der Waals surface area (Å²) >= 11 is 0. The Hall–Kier alpha value is -2.37. The second kappa shape index (κ2) is 4.87. The van der Waals surface area contributed by atoms with Gasteiger partial charge in [0.15, 0.2) is 5.82 Å². The Morgan fingerprint density at radius 2 is 2.29 bits per heavy atom. The highest BCUT2D eigenvalue weighted by Gasteiger charge is 2.27. The van der Waals surface area contributed by atoms with E-state index in [-0.39, 0.29) is 5.92 Å². The van der Waals surface area contributed by atoms with Crippen molar-refractivity contribution in [2.24, 2.45) is 0 Å². The van der Waals surface area contributed by atoms with Gasteiger partial charge in [-0.3, -0.25) is 0 Å². The fraction of sp³-hybridized carbons (Fsp3) is 0.400. The van der Waals surface area contributed by atoms with Gasteiger partial charge in [0.05, 0.1) is 17.6 Å². The van der Waals surface area contributed by atoms with E-state index in [1.54, 1.807) is 12.5 Å². The normalized spacial score (nSPS) is 19.3. The number of hydrogen-bond acceptors (Lipinski definition) is 6. The molecule has 0 amide bonds. The van der Waals surface area contributed by atoms with Gasteiger partial charge in [-0.05, 0) is 31.9 Å². The summed E-state index contributed by atoms with van der Waals surface area (Å²) in [4.78, 5) is 11.2. The van der Waals surface area contributed by atoms with Gasteiger partial charge in [-0.1, -0.05) is 5.16 Å². The molecule has 4 heterocycles. The van der Waals surface area contributed by atoms with Crippen molar-refractivity contribution in [1.29, 1.82) is 0 Å². The van der Waals surface area contributed by atoms with E-state index in [4.69, 9.17) is 8.94 Å². The molecular weight excluding hydrogens is 268 g/mol. The molecule has 1 atom stereocenters. The topological polar surface area (TPSA) is 68.2 Å². The van der Waals surface area contributed by atoms with Gasteiger partial charge in [-0.2, -0.15) is 4.98 Å². The molecule has 0 unspecified atom stereocenters. The molecule has 4 rings (SSSR count). The first-order valence-electron chi connectivity index (χ1n) is 7.18. The maximum Gasteiger partial charge on any atom is 0.231 e. The van der Waals surface area contributed by atoms with Gasteiger partial charge in [-0.15, -0.1) is 0 Å². The van der Waals surface area contributed by atoms with Crippen molar-refractivity contribution < 1.29 is 8.94 Å². The fourth-order valence-electron chi connectivity index (χ4n) is 2.98. The molecule has 0 N–H and O–H groups in total. The molecule has 108 valence electrons. The van der Waals surface area contributed by atoms with E-state index in [2.05, 4.69) is 20.0 Å². The molecule has 0 aliphatic carbocycles. The maximum atomic E-state index is 5.46. The minimum atomic E-state index is 0.268. The van der Waals surface area contributed by atoms with Crippen LogP contribution in [0.1, 0.15) is 30.5 Å². The van der Waals surface area contributed by atoms with Gasteiger partial charge in [-0.25, -0.2) is 4.98 Å². The zero-order valence-electron chi connectivity index (χ0n) is 11.8. The quantitative estimate of drug-likeness (QED) is 0.720. The first kappa shape index (κ1) is 12.4. The van der Waals surface area contributed by atoms with Gasteiger partial charge in [0.25, 0.3) is 0 Å². The third-order valence-corrected chi connectivity index (χ3v) is 3.97. The summed E-state index contributed by atoms with van der Waals surface area (Å²) in [5.41, 5.74) is 0.871. The first-order chi connectivity index (χ1) is 10.3. The zero-order valence-corrected chi connectivity index (χ0v) is 11.8. The van der Waals surface area contributed by atoms with Crippen molar-refractivity contribution >= 4 is 16.8 Å². The lowest BCUT2D eigenvalue weighted by Crippen LogP contribution is -2.35.